The highest BCUT2D eigenvalue weighted by Gasteiger charge is 2.04. The van der Waals surface area contributed by atoms with E-state index in [1.54, 1.807) is 13.2 Å². The normalized spacial score (nSPS) is 9.94. The molecule has 2 aromatic rings. The van der Waals surface area contributed by atoms with Crippen molar-refractivity contribution in [1.29, 1.82) is 0 Å². The number of aromatic amines is 1. The minimum atomic E-state index is -0.370. The van der Waals surface area contributed by atoms with Gasteiger partial charge in [-0.25, -0.2) is 4.98 Å². The molecule has 0 bridgehead atoms. The molecule has 0 aliphatic carbocycles. The second-order valence-corrected chi connectivity index (χ2v) is 3.35. The van der Waals surface area contributed by atoms with Gasteiger partial charge in [0.25, 0.3) is 5.56 Å². The molecule has 1 aromatic carbocycles. The first-order valence-corrected chi connectivity index (χ1v) is 4.95. The maximum atomic E-state index is 11.3. The molecule has 0 aliphatic rings. The third-order valence-corrected chi connectivity index (χ3v) is 2.22. The second-order valence-electron chi connectivity index (χ2n) is 3.35. The summed E-state index contributed by atoms with van der Waals surface area (Å²) in [5.41, 5.74) is 6.03. The number of anilines is 3. The molecule has 0 atom stereocenters. The Morgan fingerprint density at radius 2 is 2.29 bits per heavy atom. The highest BCUT2D eigenvalue weighted by atomic mass is 16.5. The molecule has 0 amide bonds. The molecule has 17 heavy (non-hydrogen) atoms. The van der Waals surface area contributed by atoms with Crippen LogP contribution in [-0.2, 0) is 0 Å². The Morgan fingerprint density at radius 1 is 1.47 bits per heavy atom. The minimum Gasteiger partial charge on any atom is -0.497 e. The molecular weight excluding hydrogens is 220 g/mol. The number of H-pyrrole nitrogens is 1. The molecule has 6 heteroatoms. The zero-order valence-electron chi connectivity index (χ0n) is 9.23. The lowest BCUT2D eigenvalue weighted by Gasteiger charge is -2.08. The van der Waals surface area contributed by atoms with Crippen molar-refractivity contribution in [3.05, 3.63) is 40.9 Å². The first kappa shape index (κ1) is 11.0. The molecule has 2 rings (SSSR count). The van der Waals surface area contributed by atoms with E-state index in [4.69, 9.17) is 10.5 Å². The molecule has 1 heterocycles. The SMILES string of the molecule is COc1cccc(Nc2nc[nH]c(=O)c2N)c1. The monoisotopic (exact) mass is 232 g/mol. The predicted octanol–water partition coefficient (Wildman–Crippen LogP) is 1.10. The van der Waals surface area contributed by atoms with Gasteiger partial charge >= 0.3 is 0 Å². The first-order valence-electron chi connectivity index (χ1n) is 4.95. The highest BCUT2D eigenvalue weighted by molar-refractivity contribution is 5.68. The quantitative estimate of drug-likeness (QED) is 0.737. The van der Waals surface area contributed by atoms with E-state index in [0.29, 0.717) is 11.6 Å². The summed E-state index contributed by atoms with van der Waals surface area (Å²) in [4.78, 5) is 17.6. The topological polar surface area (TPSA) is 93.0 Å². The number of nitrogen functional groups attached to an aromatic ring is 1. The number of ether oxygens (including phenoxy) is 1. The lowest BCUT2D eigenvalue weighted by Crippen LogP contribution is -2.14. The maximum Gasteiger partial charge on any atom is 0.276 e. The Balaban J connectivity index is 2.31. The average molecular weight is 232 g/mol. The Labute approximate surface area is 97.5 Å². The van der Waals surface area contributed by atoms with Gasteiger partial charge in [-0.15, -0.1) is 0 Å². The van der Waals surface area contributed by atoms with Crippen molar-refractivity contribution in [2.75, 3.05) is 18.2 Å². The van der Waals surface area contributed by atoms with Crippen LogP contribution in [0.15, 0.2) is 35.4 Å². The van der Waals surface area contributed by atoms with Crippen LogP contribution in [0.25, 0.3) is 0 Å². The third-order valence-electron chi connectivity index (χ3n) is 2.22. The number of hydrogen-bond acceptors (Lipinski definition) is 5. The van der Waals surface area contributed by atoms with Gasteiger partial charge in [0.05, 0.1) is 13.4 Å². The number of nitrogens with two attached hydrogens (primary N) is 1. The van der Waals surface area contributed by atoms with Crippen molar-refractivity contribution in [3.8, 4) is 5.75 Å². The summed E-state index contributed by atoms with van der Waals surface area (Å²) in [6.45, 7) is 0. The lowest BCUT2D eigenvalue weighted by atomic mass is 10.3. The Kier molecular flexibility index (Phi) is 2.95. The first-order chi connectivity index (χ1) is 8.20. The summed E-state index contributed by atoms with van der Waals surface area (Å²) in [6, 6.07) is 7.25. The summed E-state index contributed by atoms with van der Waals surface area (Å²) >= 11 is 0. The number of benzene rings is 1. The van der Waals surface area contributed by atoms with Gasteiger partial charge in [-0.2, -0.15) is 0 Å². The average Bonchev–Trinajstić information content (AvgIpc) is 2.35. The maximum absolute atomic E-state index is 11.3. The van der Waals surface area contributed by atoms with E-state index in [1.165, 1.54) is 6.33 Å². The van der Waals surface area contributed by atoms with E-state index in [9.17, 15) is 4.79 Å². The van der Waals surface area contributed by atoms with Crippen LogP contribution in [-0.4, -0.2) is 17.1 Å². The smallest absolute Gasteiger partial charge is 0.276 e. The summed E-state index contributed by atoms with van der Waals surface area (Å²) < 4.78 is 5.09. The molecule has 6 nitrogen and oxygen atoms in total. The zero-order chi connectivity index (χ0) is 12.3. The van der Waals surface area contributed by atoms with Crippen molar-refractivity contribution in [1.82, 2.24) is 9.97 Å². The van der Waals surface area contributed by atoms with Crippen molar-refractivity contribution < 1.29 is 4.74 Å². The van der Waals surface area contributed by atoms with E-state index in [-0.39, 0.29) is 11.2 Å². The molecule has 0 saturated carbocycles. The van der Waals surface area contributed by atoms with Crippen LogP contribution in [0, 0.1) is 0 Å². The third kappa shape index (κ3) is 2.36. The standard InChI is InChI=1S/C11H12N4O2/c1-17-8-4-2-3-7(5-8)15-10-9(12)11(16)14-6-13-10/h2-6H,12H2,1H3,(H2,13,14,15,16). The molecule has 88 valence electrons. The number of nitrogens with zero attached hydrogens (tertiary/aromatic N) is 1. The molecule has 0 aliphatic heterocycles. The number of hydrogen-bond donors (Lipinski definition) is 3. The summed E-state index contributed by atoms with van der Waals surface area (Å²) in [7, 11) is 1.58. The van der Waals surface area contributed by atoms with Crippen LogP contribution in [0.3, 0.4) is 0 Å². The van der Waals surface area contributed by atoms with Gasteiger partial charge in [-0.1, -0.05) is 6.07 Å². The molecule has 0 fully saturated rings. The molecule has 0 unspecified atom stereocenters. The summed E-state index contributed by atoms with van der Waals surface area (Å²) in [5.74, 6) is 1.03. The van der Waals surface area contributed by atoms with E-state index in [1.807, 2.05) is 18.2 Å². The van der Waals surface area contributed by atoms with Crippen LogP contribution >= 0.6 is 0 Å². The number of aromatic nitrogens is 2. The van der Waals surface area contributed by atoms with Gasteiger partial charge < -0.3 is 20.8 Å². The fraction of sp³-hybridized carbons (Fsp3) is 0.0909. The van der Waals surface area contributed by atoms with Gasteiger partial charge in [0, 0.05) is 11.8 Å². The van der Waals surface area contributed by atoms with Crippen molar-refractivity contribution in [2.45, 2.75) is 0 Å². The van der Waals surface area contributed by atoms with E-state index in [0.717, 1.165) is 5.69 Å². The predicted molar refractivity (Wildman–Crippen MR) is 65.5 cm³/mol. The second kappa shape index (κ2) is 4.56. The summed E-state index contributed by atoms with van der Waals surface area (Å²) in [5, 5.41) is 2.95. The Morgan fingerprint density at radius 3 is 3.06 bits per heavy atom. The van der Waals surface area contributed by atoms with Crippen LogP contribution in [0.5, 0.6) is 5.75 Å². The van der Waals surface area contributed by atoms with Crippen LogP contribution in [0.4, 0.5) is 17.2 Å². The van der Waals surface area contributed by atoms with Crippen molar-refractivity contribution in [2.24, 2.45) is 0 Å². The number of nitrogens with one attached hydrogen (secondary N) is 2. The van der Waals surface area contributed by atoms with E-state index >= 15 is 0 Å². The fourth-order valence-corrected chi connectivity index (χ4v) is 1.35. The van der Waals surface area contributed by atoms with Gasteiger partial charge in [0.1, 0.15) is 11.4 Å². The Hall–Kier alpha value is -2.50. The minimum absolute atomic E-state index is 0.0512. The van der Waals surface area contributed by atoms with E-state index in [2.05, 4.69) is 15.3 Å². The lowest BCUT2D eigenvalue weighted by molar-refractivity contribution is 0.415. The van der Waals surface area contributed by atoms with Crippen molar-refractivity contribution >= 4 is 17.2 Å². The van der Waals surface area contributed by atoms with Gasteiger partial charge in [-0.05, 0) is 12.1 Å². The summed E-state index contributed by atoms with van der Waals surface area (Å²) in [6.07, 6.45) is 1.29. The molecule has 4 N–H and O–H groups in total. The van der Waals surface area contributed by atoms with Crippen LogP contribution in [0.1, 0.15) is 0 Å². The number of rotatable bonds is 3. The Bertz CT molecular complexity index is 580. The molecule has 1 aromatic heterocycles. The zero-order valence-corrected chi connectivity index (χ0v) is 9.23. The van der Waals surface area contributed by atoms with Crippen LogP contribution < -0.4 is 21.3 Å². The molecular formula is C11H12N4O2. The van der Waals surface area contributed by atoms with Gasteiger partial charge in [0.15, 0.2) is 5.82 Å². The molecule has 0 spiro atoms. The van der Waals surface area contributed by atoms with Crippen LogP contribution in [0.2, 0.25) is 0 Å². The molecule has 0 radical (unpaired) electrons. The fourth-order valence-electron chi connectivity index (χ4n) is 1.35. The number of methoxy groups -OCH3 is 1. The highest BCUT2D eigenvalue weighted by Crippen LogP contribution is 2.21. The van der Waals surface area contributed by atoms with Gasteiger partial charge in [0.2, 0.25) is 0 Å². The largest absolute Gasteiger partial charge is 0.497 e. The van der Waals surface area contributed by atoms with Gasteiger partial charge in [-0.3, -0.25) is 4.79 Å². The van der Waals surface area contributed by atoms with Crippen molar-refractivity contribution in [3.63, 3.8) is 0 Å². The molecule has 0 saturated heterocycles. The van der Waals surface area contributed by atoms with E-state index < -0.39 is 0 Å².